The molecule has 0 bridgehead atoms. The van der Waals surface area contributed by atoms with E-state index in [4.69, 9.17) is 16.3 Å². The third-order valence-corrected chi connectivity index (χ3v) is 5.34. The van der Waals surface area contributed by atoms with E-state index >= 15 is 0 Å². The second-order valence-electron chi connectivity index (χ2n) is 6.38. The van der Waals surface area contributed by atoms with E-state index in [2.05, 4.69) is 10.1 Å². The van der Waals surface area contributed by atoms with E-state index in [-0.39, 0.29) is 22.2 Å². The van der Waals surface area contributed by atoms with Crippen molar-refractivity contribution in [1.82, 2.24) is 4.90 Å². The number of amides is 3. The van der Waals surface area contributed by atoms with Gasteiger partial charge in [-0.2, -0.15) is 0 Å². The van der Waals surface area contributed by atoms with Gasteiger partial charge in [0.05, 0.1) is 17.0 Å². The molecule has 1 N–H and O–H groups in total. The number of anilines is 1. The van der Waals surface area contributed by atoms with Gasteiger partial charge in [-0.15, -0.1) is 0 Å². The lowest BCUT2D eigenvalue weighted by Crippen LogP contribution is -2.36. The summed E-state index contributed by atoms with van der Waals surface area (Å²) in [4.78, 5) is 49.1. The Morgan fingerprint density at radius 1 is 1.19 bits per heavy atom. The minimum absolute atomic E-state index is 0.149. The zero-order valence-electron chi connectivity index (χ0n) is 16.6. The van der Waals surface area contributed by atoms with Gasteiger partial charge in [-0.05, 0) is 53.7 Å². The molecule has 2 aromatic carbocycles. The van der Waals surface area contributed by atoms with Crippen molar-refractivity contribution in [3.8, 4) is 5.75 Å². The molecule has 1 heterocycles. The van der Waals surface area contributed by atoms with Gasteiger partial charge in [0.25, 0.3) is 11.1 Å². The highest BCUT2D eigenvalue weighted by atomic mass is 35.5. The van der Waals surface area contributed by atoms with Crippen molar-refractivity contribution < 1.29 is 33.0 Å². The maximum Gasteiger partial charge on any atom is 0.343 e. The number of benzene rings is 2. The fourth-order valence-electron chi connectivity index (χ4n) is 2.57. The Bertz CT molecular complexity index is 1110. The van der Waals surface area contributed by atoms with Crippen LogP contribution in [0, 0.1) is 5.82 Å². The van der Waals surface area contributed by atoms with Crippen molar-refractivity contribution in [2.45, 2.75) is 0 Å². The molecular weight excluding hydrogens is 463 g/mol. The number of thioether (sulfide) groups is 1. The molecule has 1 saturated heterocycles. The van der Waals surface area contributed by atoms with Crippen LogP contribution in [0.5, 0.6) is 5.75 Å². The number of carbonyl (C=O) groups excluding carboxylic acids is 4. The summed E-state index contributed by atoms with van der Waals surface area (Å²) in [6.45, 7) is -0.738. The van der Waals surface area contributed by atoms with E-state index in [1.165, 1.54) is 25.3 Å². The van der Waals surface area contributed by atoms with Crippen molar-refractivity contribution in [3.63, 3.8) is 0 Å². The molecule has 0 atom stereocenters. The second kappa shape index (κ2) is 10.3. The first-order valence-corrected chi connectivity index (χ1v) is 10.3. The molecule has 1 aliphatic rings. The number of nitrogens with one attached hydrogen (secondary N) is 1. The van der Waals surface area contributed by atoms with Crippen LogP contribution in [0.3, 0.4) is 0 Å². The third kappa shape index (κ3) is 5.86. The monoisotopic (exact) mass is 478 g/mol. The van der Waals surface area contributed by atoms with Gasteiger partial charge in [0.1, 0.15) is 18.1 Å². The average molecular weight is 479 g/mol. The summed E-state index contributed by atoms with van der Waals surface area (Å²) in [7, 11) is 1.25. The minimum Gasteiger partial charge on any atom is -0.482 e. The minimum atomic E-state index is -0.636. The van der Waals surface area contributed by atoms with E-state index in [1.807, 2.05) is 0 Å². The van der Waals surface area contributed by atoms with Crippen LogP contribution in [0.2, 0.25) is 5.02 Å². The molecule has 32 heavy (non-hydrogen) atoms. The summed E-state index contributed by atoms with van der Waals surface area (Å²) in [6.07, 6.45) is 1.51. The predicted molar refractivity (Wildman–Crippen MR) is 117 cm³/mol. The molecule has 0 unspecified atom stereocenters. The number of rotatable bonds is 7. The topological polar surface area (TPSA) is 102 Å². The number of hydrogen-bond acceptors (Lipinski definition) is 7. The van der Waals surface area contributed by atoms with Crippen molar-refractivity contribution in [1.29, 1.82) is 0 Å². The average Bonchev–Trinajstić information content (AvgIpc) is 3.02. The van der Waals surface area contributed by atoms with Crippen molar-refractivity contribution in [2.24, 2.45) is 0 Å². The second-order valence-corrected chi connectivity index (χ2v) is 7.78. The summed E-state index contributed by atoms with van der Waals surface area (Å²) in [5.74, 6) is -1.97. The van der Waals surface area contributed by atoms with E-state index < -0.39 is 35.4 Å². The smallest absolute Gasteiger partial charge is 0.343 e. The molecule has 8 nitrogen and oxygen atoms in total. The van der Waals surface area contributed by atoms with Gasteiger partial charge in [0.15, 0.2) is 6.61 Å². The molecular formula is C21H16ClFN2O6S. The highest BCUT2D eigenvalue weighted by Gasteiger charge is 2.36. The van der Waals surface area contributed by atoms with Gasteiger partial charge in [0, 0.05) is 5.69 Å². The molecule has 11 heteroatoms. The maximum absolute atomic E-state index is 13.2. The summed E-state index contributed by atoms with van der Waals surface area (Å²) < 4.78 is 22.9. The maximum atomic E-state index is 13.2. The van der Waals surface area contributed by atoms with Gasteiger partial charge >= 0.3 is 5.97 Å². The van der Waals surface area contributed by atoms with Crippen LogP contribution in [0.15, 0.2) is 47.4 Å². The third-order valence-electron chi connectivity index (χ3n) is 4.14. The van der Waals surface area contributed by atoms with E-state index in [0.29, 0.717) is 23.1 Å². The molecule has 166 valence electrons. The molecule has 3 amide bonds. The number of hydrogen-bond donors (Lipinski definition) is 1. The first-order chi connectivity index (χ1) is 15.3. The Hall–Kier alpha value is -3.37. The van der Waals surface area contributed by atoms with Crippen molar-refractivity contribution in [3.05, 3.63) is 63.8 Å². The van der Waals surface area contributed by atoms with Gasteiger partial charge in [0.2, 0.25) is 5.91 Å². The molecule has 0 spiro atoms. The Morgan fingerprint density at radius 2 is 1.91 bits per heavy atom. The predicted octanol–water partition coefficient (Wildman–Crippen LogP) is 3.71. The standard InChI is InChI=1S/C21H16ClFN2O6S/c1-30-19(27)11-31-14-5-2-12(3-6-14)8-17-20(28)25(21(29)32-17)10-18(26)24-13-4-7-16(23)15(22)9-13/h2-9H,10-11H2,1H3,(H,24,26)/b17-8-. The highest BCUT2D eigenvalue weighted by molar-refractivity contribution is 8.18. The van der Waals surface area contributed by atoms with Gasteiger partial charge in [-0.1, -0.05) is 23.7 Å². The van der Waals surface area contributed by atoms with E-state index in [1.54, 1.807) is 24.3 Å². The number of carbonyl (C=O) groups is 4. The summed E-state index contributed by atoms with van der Waals surface area (Å²) in [6, 6.07) is 10.1. The number of halogens is 2. The van der Waals surface area contributed by atoms with Crippen LogP contribution in [-0.2, 0) is 19.1 Å². The number of ether oxygens (including phenoxy) is 2. The Balaban J connectivity index is 1.62. The molecule has 0 saturated carbocycles. The Labute approximate surface area is 191 Å². The fraction of sp³-hybridized carbons (Fsp3) is 0.143. The van der Waals surface area contributed by atoms with Crippen LogP contribution >= 0.6 is 23.4 Å². The lowest BCUT2D eigenvalue weighted by atomic mass is 10.2. The first kappa shape index (κ1) is 23.3. The Kier molecular flexibility index (Phi) is 7.49. The van der Waals surface area contributed by atoms with Crippen LogP contribution in [0.4, 0.5) is 14.9 Å². The summed E-state index contributed by atoms with van der Waals surface area (Å²) >= 11 is 6.38. The van der Waals surface area contributed by atoms with Crippen molar-refractivity contribution in [2.75, 3.05) is 25.6 Å². The molecule has 3 rings (SSSR count). The molecule has 0 aliphatic carbocycles. The number of imide groups is 1. The normalized spacial score (nSPS) is 14.6. The van der Waals surface area contributed by atoms with E-state index in [9.17, 15) is 23.6 Å². The molecule has 2 aromatic rings. The number of nitrogens with zero attached hydrogens (tertiary/aromatic N) is 1. The summed E-state index contributed by atoms with van der Waals surface area (Å²) in [5, 5.41) is 1.70. The van der Waals surface area contributed by atoms with Crippen LogP contribution < -0.4 is 10.1 Å². The molecule has 1 aliphatic heterocycles. The summed E-state index contributed by atoms with van der Waals surface area (Å²) in [5.41, 5.74) is 0.852. The molecule has 0 aromatic heterocycles. The van der Waals surface area contributed by atoms with Crippen molar-refractivity contribution >= 4 is 58.1 Å². The van der Waals surface area contributed by atoms with E-state index in [0.717, 1.165) is 11.0 Å². The van der Waals surface area contributed by atoms with Gasteiger partial charge < -0.3 is 14.8 Å². The zero-order chi connectivity index (χ0) is 23.3. The molecule has 0 radical (unpaired) electrons. The largest absolute Gasteiger partial charge is 0.482 e. The number of methoxy groups -OCH3 is 1. The van der Waals surface area contributed by atoms with Crippen LogP contribution in [-0.4, -0.2) is 48.2 Å². The SMILES string of the molecule is COC(=O)COc1ccc(/C=C2\SC(=O)N(CC(=O)Nc3ccc(F)c(Cl)c3)C2=O)cc1. The quantitative estimate of drug-likeness (QED) is 0.478. The first-order valence-electron chi connectivity index (χ1n) is 9.07. The fourth-order valence-corrected chi connectivity index (χ4v) is 3.59. The van der Waals surface area contributed by atoms with Gasteiger partial charge in [-0.3, -0.25) is 19.3 Å². The lowest BCUT2D eigenvalue weighted by molar-refractivity contribution is -0.142. The highest BCUT2D eigenvalue weighted by Crippen LogP contribution is 2.32. The van der Waals surface area contributed by atoms with Crippen LogP contribution in [0.25, 0.3) is 6.08 Å². The Morgan fingerprint density at radius 3 is 2.56 bits per heavy atom. The number of esters is 1. The molecule has 1 fully saturated rings. The van der Waals surface area contributed by atoms with Crippen LogP contribution in [0.1, 0.15) is 5.56 Å². The zero-order valence-corrected chi connectivity index (χ0v) is 18.2. The van der Waals surface area contributed by atoms with Gasteiger partial charge in [-0.25, -0.2) is 9.18 Å². The lowest BCUT2D eigenvalue weighted by Gasteiger charge is -2.12.